The van der Waals surface area contributed by atoms with Crippen LogP contribution in [-0.2, 0) is 0 Å². The van der Waals surface area contributed by atoms with Crippen molar-refractivity contribution < 1.29 is 0 Å². The van der Waals surface area contributed by atoms with Crippen LogP contribution in [0.3, 0.4) is 0 Å². The minimum absolute atomic E-state index is 0.0326. The van der Waals surface area contributed by atoms with Crippen LogP contribution < -0.4 is 5.32 Å². The van der Waals surface area contributed by atoms with Gasteiger partial charge in [0.1, 0.15) is 0 Å². The number of rotatable bonds is 4. The molecule has 1 N–H and O–H groups in total. The Morgan fingerprint density at radius 3 is 2.50 bits per heavy atom. The van der Waals surface area contributed by atoms with Crippen LogP contribution >= 0.6 is 0 Å². The summed E-state index contributed by atoms with van der Waals surface area (Å²) in [7, 11) is 0. The zero-order valence-electron chi connectivity index (χ0n) is 9.29. The van der Waals surface area contributed by atoms with Crippen molar-refractivity contribution in [1.29, 1.82) is 5.26 Å². The highest BCUT2D eigenvalue weighted by Gasteiger charge is 2.14. The van der Waals surface area contributed by atoms with Crippen LogP contribution in [0.5, 0.6) is 0 Å². The molecule has 2 atom stereocenters. The average molecular weight is 195 g/mol. The first-order valence-electron chi connectivity index (χ1n) is 5.60. The van der Waals surface area contributed by atoms with E-state index in [1.165, 1.54) is 32.4 Å². The van der Waals surface area contributed by atoms with Crippen molar-refractivity contribution in [2.45, 2.75) is 45.2 Å². The van der Waals surface area contributed by atoms with Crippen molar-refractivity contribution >= 4 is 0 Å². The van der Waals surface area contributed by atoms with E-state index in [2.05, 4.69) is 23.2 Å². The largest absolute Gasteiger partial charge is 0.302 e. The third-order valence-electron chi connectivity index (χ3n) is 2.71. The van der Waals surface area contributed by atoms with Gasteiger partial charge in [-0.2, -0.15) is 5.26 Å². The zero-order chi connectivity index (χ0) is 10.4. The van der Waals surface area contributed by atoms with Gasteiger partial charge in [0.15, 0.2) is 0 Å². The molecule has 0 radical (unpaired) electrons. The molecule has 0 bridgehead atoms. The number of hydrogen-bond donors (Lipinski definition) is 1. The maximum Gasteiger partial charge on any atom is 0.0926 e. The van der Waals surface area contributed by atoms with Gasteiger partial charge in [0.25, 0.3) is 0 Å². The van der Waals surface area contributed by atoms with Crippen molar-refractivity contribution in [2.75, 3.05) is 19.6 Å². The smallest absolute Gasteiger partial charge is 0.0926 e. The Morgan fingerprint density at radius 1 is 1.29 bits per heavy atom. The van der Waals surface area contributed by atoms with Crippen molar-refractivity contribution in [3.8, 4) is 6.07 Å². The topological polar surface area (TPSA) is 39.1 Å². The minimum Gasteiger partial charge on any atom is -0.302 e. The lowest BCUT2D eigenvalue weighted by Crippen LogP contribution is -2.44. The number of nitriles is 1. The third kappa shape index (κ3) is 4.08. The predicted molar refractivity (Wildman–Crippen MR) is 58.0 cm³/mol. The van der Waals surface area contributed by atoms with E-state index in [9.17, 15) is 0 Å². The fourth-order valence-electron chi connectivity index (χ4n) is 2.05. The van der Waals surface area contributed by atoms with E-state index in [4.69, 9.17) is 5.26 Å². The van der Waals surface area contributed by atoms with E-state index in [1.807, 2.05) is 6.92 Å². The van der Waals surface area contributed by atoms with Crippen LogP contribution in [-0.4, -0.2) is 36.6 Å². The van der Waals surface area contributed by atoms with Gasteiger partial charge in [0.2, 0.25) is 0 Å². The monoisotopic (exact) mass is 195 g/mol. The third-order valence-corrected chi connectivity index (χ3v) is 2.71. The first-order valence-corrected chi connectivity index (χ1v) is 5.60. The van der Waals surface area contributed by atoms with Gasteiger partial charge in [-0.05, 0) is 39.8 Å². The predicted octanol–water partition coefficient (Wildman–Crippen LogP) is 1.36. The molecule has 2 unspecified atom stereocenters. The van der Waals surface area contributed by atoms with E-state index in [0.717, 1.165) is 6.54 Å². The van der Waals surface area contributed by atoms with E-state index >= 15 is 0 Å². The molecule has 1 aliphatic heterocycles. The molecule has 0 aliphatic carbocycles. The molecule has 1 fully saturated rings. The molecule has 1 rings (SSSR count). The molecule has 1 saturated heterocycles. The van der Waals surface area contributed by atoms with E-state index in [0.29, 0.717) is 6.04 Å². The van der Waals surface area contributed by atoms with Gasteiger partial charge in [0, 0.05) is 12.6 Å². The fraction of sp³-hybridized carbons (Fsp3) is 0.909. The van der Waals surface area contributed by atoms with Crippen molar-refractivity contribution in [1.82, 2.24) is 10.2 Å². The molecule has 0 saturated carbocycles. The van der Waals surface area contributed by atoms with Crippen LogP contribution in [0.1, 0.15) is 33.1 Å². The van der Waals surface area contributed by atoms with Crippen LogP contribution in [0.25, 0.3) is 0 Å². The second-order valence-electron chi connectivity index (χ2n) is 4.28. The first-order chi connectivity index (χ1) is 6.72. The van der Waals surface area contributed by atoms with Gasteiger partial charge in [-0.25, -0.2) is 0 Å². The summed E-state index contributed by atoms with van der Waals surface area (Å²) >= 11 is 0. The summed E-state index contributed by atoms with van der Waals surface area (Å²) < 4.78 is 0. The fourth-order valence-corrected chi connectivity index (χ4v) is 2.05. The Labute approximate surface area is 87.1 Å². The Balaban J connectivity index is 2.18. The van der Waals surface area contributed by atoms with Gasteiger partial charge in [0.05, 0.1) is 12.1 Å². The molecule has 0 spiro atoms. The Kier molecular flexibility index (Phi) is 4.92. The molecule has 3 nitrogen and oxygen atoms in total. The lowest BCUT2D eigenvalue weighted by Gasteiger charge is -2.29. The van der Waals surface area contributed by atoms with Crippen LogP contribution in [0, 0.1) is 11.3 Å². The summed E-state index contributed by atoms with van der Waals surface area (Å²) in [6, 6.07) is 2.59. The molecular weight excluding hydrogens is 174 g/mol. The molecule has 1 heterocycles. The highest BCUT2D eigenvalue weighted by atomic mass is 15.2. The van der Waals surface area contributed by atoms with E-state index in [-0.39, 0.29) is 6.04 Å². The quantitative estimate of drug-likeness (QED) is 0.736. The van der Waals surface area contributed by atoms with Crippen molar-refractivity contribution in [3.63, 3.8) is 0 Å². The molecule has 14 heavy (non-hydrogen) atoms. The Morgan fingerprint density at radius 2 is 1.93 bits per heavy atom. The molecule has 0 amide bonds. The number of nitrogens with one attached hydrogen (secondary N) is 1. The Bertz CT molecular complexity index is 191. The van der Waals surface area contributed by atoms with Crippen molar-refractivity contribution in [2.24, 2.45) is 0 Å². The number of piperidine rings is 1. The van der Waals surface area contributed by atoms with Gasteiger partial charge in [-0.3, -0.25) is 5.32 Å². The molecule has 0 aromatic rings. The average Bonchev–Trinajstić information content (AvgIpc) is 2.19. The second-order valence-corrected chi connectivity index (χ2v) is 4.28. The van der Waals surface area contributed by atoms with Crippen LogP contribution in [0.2, 0.25) is 0 Å². The number of likely N-dealkylation sites (tertiary alicyclic amines) is 1. The standard InChI is InChI=1S/C11H21N3/c1-10(8-12)13-11(2)9-14-6-4-3-5-7-14/h10-11,13H,3-7,9H2,1-2H3. The number of hydrogen-bond acceptors (Lipinski definition) is 3. The molecule has 0 aromatic heterocycles. The van der Waals surface area contributed by atoms with Gasteiger partial charge < -0.3 is 4.90 Å². The normalized spacial score (nSPS) is 22.6. The maximum absolute atomic E-state index is 8.66. The lowest BCUT2D eigenvalue weighted by molar-refractivity contribution is 0.208. The SMILES string of the molecule is CC(C#N)NC(C)CN1CCCCC1. The van der Waals surface area contributed by atoms with E-state index < -0.39 is 0 Å². The highest BCUT2D eigenvalue weighted by molar-refractivity contribution is 4.87. The Hall–Kier alpha value is -0.590. The van der Waals surface area contributed by atoms with Gasteiger partial charge in [-0.15, -0.1) is 0 Å². The first kappa shape index (κ1) is 11.5. The van der Waals surface area contributed by atoms with Crippen LogP contribution in [0.15, 0.2) is 0 Å². The summed E-state index contributed by atoms with van der Waals surface area (Å²) in [5, 5.41) is 11.9. The lowest BCUT2D eigenvalue weighted by atomic mass is 10.1. The summed E-state index contributed by atoms with van der Waals surface area (Å²) in [6.45, 7) is 7.60. The second kappa shape index (κ2) is 6.00. The van der Waals surface area contributed by atoms with Crippen molar-refractivity contribution in [3.05, 3.63) is 0 Å². The van der Waals surface area contributed by atoms with Gasteiger partial charge >= 0.3 is 0 Å². The molecule has 80 valence electrons. The summed E-state index contributed by atoms with van der Waals surface area (Å²) in [5.41, 5.74) is 0. The summed E-state index contributed by atoms with van der Waals surface area (Å²) in [4.78, 5) is 2.49. The number of nitrogens with zero attached hydrogens (tertiary/aromatic N) is 2. The summed E-state index contributed by atoms with van der Waals surface area (Å²) in [6.07, 6.45) is 4.05. The molecule has 0 aromatic carbocycles. The zero-order valence-corrected chi connectivity index (χ0v) is 9.29. The van der Waals surface area contributed by atoms with Crippen LogP contribution in [0.4, 0.5) is 0 Å². The summed E-state index contributed by atoms with van der Waals surface area (Å²) in [5.74, 6) is 0. The molecule has 3 heteroatoms. The van der Waals surface area contributed by atoms with E-state index in [1.54, 1.807) is 0 Å². The van der Waals surface area contributed by atoms with Gasteiger partial charge in [-0.1, -0.05) is 6.42 Å². The molecule has 1 aliphatic rings. The minimum atomic E-state index is -0.0326. The molecular formula is C11H21N3. The maximum atomic E-state index is 8.66. The highest BCUT2D eigenvalue weighted by Crippen LogP contribution is 2.08.